The van der Waals surface area contributed by atoms with E-state index in [1.54, 1.807) is 0 Å². The fraction of sp³-hybridized carbons (Fsp3) is 0.696. The van der Waals surface area contributed by atoms with Gasteiger partial charge in [-0.15, -0.1) is 0 Å². The maximum absolute atomic E-state index is 13.1. The van der Waals surface area contributed by atoms with Gasteiger partial charge in [-0.1, -0.05) is 20.3 Å². The minimum absolute atomic E-state index is 0.0242. The lowest BCUT2D eigenvalue weighted by Crippen LogP contribution is -2.57. The summed E-state index contributed by atoms with van der Waals surface area (Å²) in [5.41, 5.74) is 12.1. The number of hydrogen-bond acceptors (Lipinski definition) is 7. The molecule has 4 atom stereocenters. The van der Waals surface area contributed by atoms with Crippen LogP contribution in [0.4, 0.5) is 0 Å². The van der Waals surface area contributed by atoms with Crippen LogP contribution in [-0.4, -0.2) is 80.9 Å². The molecule has 12 nitrogen and oxygen atoms in total. The van der Waals surface area contributed by atoms with Crippen LogP contribution in [-0.2, 0) is 25.6 Å². The minimum atomic E-state index is -1.20. The number of carboxylic acids is 1. The number of carboxylic acid groups (broad SMARTS) is 1. The summed E-state index contributed by atoms with van der Waals surface area (Å²) >= 11 is 0. The van der Waals surface area contributed by atoms with Crippen LogP contribution in [0.15, 0.2) is 12.5 Å². The number of carbonyl (C=O) groups is 4. The first-order valence-corrected chi connectivity index (χ1v) is 12.2. The molecule has 2 heterocycles. The largest absolute Gasteiger partial charge is 0.480 e. The Hall–Kier alpha value is -2.99. The van der Waals surface area contributed by atoms with E-state index < -0.39 is 42.0 Å². The molecule has 0 aromatic carbocycles. The number of likely N-dealkylation sites (tertiary alicyclic amines) is 1. The van der Waals surface area contributed by atoms with Crippen molar-refractivity contribution in [2.24, 2.45) is 17.4 Å². The van der Waals surface area contributed by atoms with E-state index in [1.165, 1.54) is 17.4 Å². The lowest BCUT2D eigenvalue weighted by Gasteiger charge is -2.29. The molecule has 196 valence electrons. The number of rotatable bonds is 14. The number of nitrogens with two attached hydrogens (primary N) is 2. The van der Waals surface area contributed by atoms with Crippen molar-refractivity contribution in [3.05, 3.63) is 18.2 Å². The Kier molecular flexibility index (Phi) is 11.1. The number of imidazole rings is 1. The average molecular weight is 494 g/mol. The smallest absolute Gasteiger partial charge is 0.326 e. The molecular weight excluding hydrogens is 454 g/mol. The van der Waals surface area contributed by atoms with E-state index in [-0.39, 0.29) is 18.2 Å². The van der Waals surface area contributed by atoms with E-state index in [1.807, 2.05) is 13.8 Å². The van der Waals surface area contributed by atoms with Crippen molar-refractivity contribution in [3.63, 3.8) is 0 Å². The summed E-state index contributed by atoms with van der Waals surface area (Å²) in [6.07, 6.45) is 6.38. The Bertz CT molecular complexity index is 845. The van der Waals surface area contributed by atoms with Gasteiger partial charge >= 0.3 is 5.97 Å². The predicted octanol–water partition coefficient (Wildman–Crippen LogP) is -0.500. The van der Waals surface area contributed by atoms with Crippen molar-refractivity contribution in [3.8, 4) is 0 Å². The SMILES string of the molecule is CC(C)CC(NC(=O)C1CCCN1C(=O)C(N)CCCCN)C(=O)NC(Cc1cnc[nH]1)C(=O)O. The molecule has 8 N–H and O–H groups in total. The zero-order valence-corrected chi connectivity index (χ0v) is 20.5. The first kappa shape index (κ1) is 28.2. The highest BCUT2D eigenvalue weighted by molar-refractivity contribution is 5.94. The van der Waals surface area contributed by atoms with Crippen LogP contribution in [0.1, 0.15) is 58.1 Å². The number of nitrogens with zero attached hydrogens (tertiary/aromatic N) is 2. The summed E-state index contributed by atoms with van der Waals surface area (Å²) < 4.78 is 0. The molecule has 1 saturated heterocycles. The van der Waals surface area contributed by atoms with E-state index >= 15 is 0 Å². The molecule has 1 aromatic rings. The predicted molar refractivity (Wildman–Crippen MR) is 129 cm³/mol. The van der Waals surface area contributed by atoms with E-state index in [4.69, 9.17) is 11.5 Å². The van der Waals surface area contributed by atoms with Crippen LogP contribution in [0.25, 0.3) is 0 Å². The fourth-order valence-electron chi connectivity index (χ4n) is 4.21. The summed E-state index contributed by atoms with van der Waals surface area (Å²) in [4.78, 5) is 58.9. The van der Waals surface area contributed by atoms with Gasteiger partial charge in [-0.3, -0.25) is 14.4 Å². The normalized spacial score (nSPS) is 18.2. The van der Waals surface area contributed by atoms with Crippen LogP contribution in [0.5, 0.6) is 0 Å². The third-order valence-electron chi connectivity index (χ3n) is 6.06. The molecule has 0 bridgehead atoms. The monoisotopic (exact) mass is 493 g/mol. The van der Waals surface area contributed by atoms with Crippen molar-refractivity contribution < 1.29 is 24.3 Å². The van der Waals surface area contributed by atoms with Gasteiger partial charge in [0.2, 0.25) is 17.7 Å². The van der Waals surface area contributed by atoms with Crippen LogP contribution in [0.2, 0.25) is 0 Å². The van der Waals surface area contributed by atoms with E-state index in [9.17, 15) is 24.3 Å². The Morgan fingerprint density at radius 2 is 1.97 bits per heavy atom. The summed E-state index contributed by atoms with van der Waals surface area (Å²) in [6, 6.07) is -3.55. The van der Waals surface area contributed by atoms with Gasteiger partial charge in [0.05, 0.1) is 12.4 Å². The Morgan fingerprint density at radius 1 is 1.23 bits per heavy atom. The summed E-state index contributed by atoms with van der Waals surface area (Å²) in [5.74, 6) is -2.45. The molecule has 1 aliphatic heterocycles. The zero-order valence-electron chi connectivity index (χ0n) is 20.5. The Balaban J connectivity index is 2.05. The molecule has 0 radical (unpaired) electrons. The number of aromatic nitrogens is 2. The quantitative estimate of drug-likeness (QED) is 0.186. The van der Waals surface area contributed by atoms with Gasteiger partial charge in [-0.2, -0.15) is 0 Å². The zero-order chi connectivity index (χ0) is 26.0. The first-order chi connectivity index (χ1) is 16.6. The lowest BCUT2D eigenvalue weighted by atomic mass is 10.0. The van der Waals surface area contributed by atoms with Gasteiger partial charge in [-0.25, -0.2) is 9.78 Å². The second kappa shape index (κ2) is 13.8. The highest BCUT2D eigenvalue weighted by atomic mass is 16.4. The molecule has 2 rings (SSSR count). The molecule has 0 spiro atoms. The maximum atomic E-state index is 13.1. The van der Waals surface area contributed by atoms with Gasteiger partial charge in [0.15, 0.2) is 0 Å². The van der Waals surface area contributed by atoms with Gasteiger partial charge in [0, 0.05) is 24.9 Å². The number of carbonyl (C=O) groups excluding carboxylic acids is 3. The minimum Gasteiger partial charge on any atom is -0.480 e. The number of aromatic amines is 1. The Labute approximate surface area is 205 Å². The molecule has 35 heavy (non-hydrogen) atoms. The summed E-state index contributed by atoms with van der Waals surface area (Å²) in [5, 5.41) is 14.8. The summed E-state index contributed by atoms with van der Waals surface area (Å²) in [6.45, 7) is 4.75. The highest BCUT2D eigenvalue weighted by Crippen LogP contribution is 2.20. The molecular formula is C23H39N7O5. The fourth-order valence-corrected chi connectivity index (χ4v) is 4.21. The van der Waals surface area contributed by atoms with Crippen molar-refractivity contribution in [2.45, 2.75) is 83.0 Å². The third kappa shape index (κ3) is 8.62. The van der Waals surface area contributed by atoms with Crippen LogP contribution in [0, 0.1) is 5.92 Å². The number of amides is 3. The van der Waals surface area contributed by atoms with Crippen LogP contribution >= 0.6 is 0 Å². The molecule has 1 aromatic heterocycles. The topological polar surface area (TPSA) is 197 Å². The van der Waals surface area contributed by atoms with E-state index in [0.29, 0.717) is 44.5 Å². The first-order valence-electron chi connectivity index (χ1n) is 12.2. The van der Waals surface area contributed by atoms with E-state index in [2.05, 4.69) is 20.6 Å². The lowest BCUT2D eigenvalue weighted by molar-refractivity contribution is -0.143. The number of hydrogen-bond donors (Lipinski definition) is 6. The average Bonchev–Trinajstić information content (AvgIpc) is 3.49. The molecule has 3 amide bonds. The second-order valence-electron chi connectivity index (χ2n) is 9.45. The maximum Gasteiger partial charge on any atom is 0.326 e. The molecule has 0 saturated carbocycles. The second-order valence-corrected chi connectivity index (χ2v) is 9.45. The van der Waals surface area contributed by atoms with Gasteiger partial charge in [0.1, 0.15) is 18.1 Å². The summed E-state index contributed by atoms with van der Waals surface area (Å²) in [7, 11) is 0. The van der Waals surface area contributed by atoms with Crippen molar-refractivity contribution in [1.29, 1.82) is 0 Å². The van der Waals surface area contributed by atoms with Crippen LogP contribution < -0.4 is 22.1 Å². The van der Waals surface area contributed by atoms with Gasteiger partial charge < -0.3 is 37.1 Å². The number of nitrogens with one attached hydrogen (secondary N) is 3. The molecule has 0 aliphatic carbocycles. The number of H-pyrrole nitrogens is 1. The number of unbranched alkanes of at least 4 members (excludes halogenated alkanes) is 1. The standard InChI is InChI=1S/C23H39N7O5/c1-14(2)10-17(20(31)29-18(23(34)35)11-15-12-26-13-27-15)28-21(32)19-7-5-9-30(19)22(33)16(25)6-3-4-8-24/h12-14,16-19H,3-11,24-25H2,1-2H3,(H,26,27)(H,28,32)(H,29,31)(H,34,35). The Morgan fingerprint density at radius 3 is 2.57 bits per heavy atom. The van der Waals surface area contributed by atoms with Crippen molar-refractivity contribution in [1.82, 2.24) is 25.5 Å². The molecule has 1 fully saturated rings. The molecule has 4 unspecified atom stereocenters. The van der Waals surface area contributed by atoms with Gasteiger partial charge in [-0.05, 0) is 44.6 Å². The highest BCUT2D eigenvalue weighted by Gasteiger charge is 2.38. The van der Waals surface area contributed by atoms with Crippen LogP contribution in [0.3, 0.4) is 0 Å². The van der Waals surface area contributed by atoms with E-state index in [0.717, 1.165) is 12.8 Å². The van der Waals surface area contributed by atoms with Crippen molar-refractivity contribution in [2.75, 3.05) is 13.1 Å². The third-order valence-corrected chi connectivity index (χ3v) is 6.06. The number of aliphatic carboxylic acids is 1. The van der Waals surface area contributed by atoms with Gasteiger partial charge in [0.25, 0.3) is 0 Å². The van der Waals surface area contributed by atoms with Crippen molar-refractivity contribution >= 4 is 23.7 Å². The molecule has 12 heteroatoms. The molecule has 1 aliphatic rings.